The quantitative estimate of drug-likeness (QED) is 0.397. The molecule has 0 aromatic carbocycles. The fourth-order valence-corrected chi connectivity index (χ4v) is 3.02. The highest BCUT2D eigenvalue weighted by atomic mass is 79.9. The van der Waals surface area contributed by atoms with E-state index in [0.717, 1.165) is 0 Å². The third-order valence-corrected chi connectivity index (χ3v) is 5.66. The van der Waals surface area contributed by atoms with Crippen molar-refractivity contribution in [2.75, 3.05) is 13.2 Å². The standard InChI is InChI=1S/C15H27BrO6/c1-5-21-12(22-6-2)8-7-9-15(16,10(3)13(17)18)11(4)14(19)20/h10-12H,5-9H2,1-4H3,(H,17,18)(H,19,20). The van der Waals surface area contributed by atoms with Crippen LogP contribution >= 0.6 is 15.9 Å². The van der Waals surface area contributed by atoms with E-state index in [9.17, 15) is 19.8 Å². The second-order valence-electron chi connectivity index (χ2n) is 5.28. The Labute approximate surface area is 140 Å². The number of aliphatic carboxylic acids is 2. The van der Waals surface area contributed by atoms with Crippen molar-refractivity contribution in [2.45, 2.75) is 57.6 Å². The topological polar surface area (TPSA) is 93.1 Å². The van der Waals surface area contributed by atoms with Gasteiger partial charge in [0.1, 0.15) is 0 Å². The van der Waals surface area contributed by atoms with Crippen molar-refractivity contribution in [3.63, 3.8) is 0 Å². The van der Waals surface area contributed by atoms with Crippen LogP contribution in [-0.4, -0.2) is 46.0 Å². The molecule has 0 saturated heterocycles. The van der Waals surface area contributed by atoms with Crippen LogP contribution in [0.5, 0.6) is 0 Å². The first-order valence-electron chi connectivity index (χ1n) is 7.58. The second-order valence-corrected chi connectivity index (χ2v) is 6.76. The summed E-state index contributed by atoms with van der Waals surface area (Å²) in [5.74, 6) is -3.68. The van der Waals surface area contributed by atoms with Gasteiger partial charge in [-0.2, -0.15) is 0 Å². The monoisotopic (exact) mass is 382 g/mol. The molecule has 0 bridgehead atoms. The van der Waals surface area contributed by atoms with Gasteiger partial charge in [-0.25, -0.2) is 0 Å². The van der Waals surface area contributed by atoms with Crippen molar-refractivity contribution < 1.29 is 29.3 Å². The predicted octanol–water partition coefficient (Wildman–Crippen LogP) is 3.13. The van der Waals surface area contributed by atoms with Gasteiger partial charge in [0.25, 0.3) is 0 Å². The smallest absolute Gasteiger partial charge is 0.307 e. The Morgan fingerprint density at radius 2 is 1.45 bits per heavy atom. The fraction of sp³-hybridized carbons (Fsp3) is 0.867. The van der Waals surface area contributed by atoms with Gasteiger partial charge in [-0.15, -0.1) is 0 Å². The summed E-state index contributed by atoms with van der Waals surface area (Å²) < 4.78 is 9.88. The molecule has 130 valence electrons. The number of hydrogen-bond acceptors (Lipinski definition) is 4. The predicted molar refractivity (Wildman–Crippen MR) is 86.1 cm³/mol. The average molecular weight is 383 g/mol. The first-order chi connectivity index (χ1) is 10.2. The Morgan fingerprint density at radius 1 is 1.05 bits per heavy atom. The van der Waals surface area contributed by atoms with Crippen LogP contribution in [-0.2, 0) is 19.1 Å². The van der Waals surface area contributed by atoms with Crippen molar-refractivity contribution in [1.82, 2.24) is 0 Å². The summed E-state index contributed by atoms with van der Waals surface area (Å²) in [6.07, 6.45) is 1.26. The van der Waals surface area contributed by atoms with E-state index >= 15 is 0 Å². The first kappa shape index (κ1) is 21.3. The molecule has 0 aromatic heterocycles. The molecule has 0 aliphatic carbocycles. The van der Waals surface area contributed by atoms with Crippen molar-refractivity contribution >= 4 is 27.9 Å². The van der Waals surface area contributed by atoms with E-state index in [0.29, 0.717) is 32.5 Å². The number of carbonyl (C=O) groups is 2. The van der Waals surface area contributed by atoms with Gasteiger partial charge in [0, 0.05) is 13.2 Å². The molecule has 6 nitrogen and oxygen atoms in total. The lowest BCUT2D eigenvalue weighted by molar-refractivity contribution is -0.147. The molecule has 0 spiro atoms. The molecule has 0 aromatic rings. The van der Waals surface area contributed by atoms with Crippen LogP contribution in [0.15, 0.2) is 0 Å². The number of hydrogen-bond donors (Lipinski definition) is 2. The van der Waals surface area contributed by atoms with E-state index in [-0.39, 0.29) is 6.29 Å². The minimum Gasteiger partial charge on any atom is -0.481 e. The summed E-state index contributed by atoms with van der Waals surface area (Å²) in [7, 11) is 0. The molecule has 7 heteroatoms. The van der Waals surface area contributed by atoms with Crippen LogP contribution in [0, 0.1) is 11.8 Å². The van der Waals surface area contributed by atoms with Crippen molar-refractivity contribution in [1.29, 1.82) is 0 Å². The summed E-state index contributed by atoms with van der Waals surface area (Å²) in [5.41, 5.74) is 0. The van der Waals surface area contributed by atoms with E-state index in [1.54, 1.807) is 0 Å². The molecule has 2 N–H and O–H groups in total. The number of ether oxygens (including phenoxy) is 2. The highest BCUT2D eigenvalue weighted by Gasteiger charge is 2.45. The third kappa shape index (κ3) is 6.22. The Hall–Kier alpha value is -0.660. The lowest BCUT2D eigenvalue weighted by atomic mass is 9.79. The van der Waals surface area contributed by atoms with Crippen molar-refractivity contribution in [3.05, 3.63) is 0 Å². The van der Waals surface area contributed by atoms with Crippen LogP contribution < -0.4 is 0 Å². The van der Waals surface area contributed by atoms with Gasteiger partial charge < -0.3 is 19.7 Å². The fourth-order valence-electron chi connectivity index (χ4n) is 2.34. The minimum atomic E-state index is -1.02. The lowest BCUT2D eigenvalue weighted by Gasteiger charge is -2.35. The van der Waals surface area contributed by atoms with Crippen molar-refractivity contribution in [2.24, 2.45) is 11.8 Å². The summed E-state index contributed by atoms with van der Waals surface area (Å²) >= 11 is 3.40. The molecular formula is C15H27BrO6. The maximum atomic E-state index is 11.3. The van der Waals surface area contributed by atoms with Crippen LogP contribution in [0.25, 0.3) is 0 Å². The SMILES string of the molecule is CCOC(CCCC(Br)(C(C)C(=O)O)C(C)C(=O)O)OCC. The molecule has 0 rings (SSSR count). The summed E-state index contributed by atoms with van der Waals surface area (Å²) in [6, 6.07) is 0. The molecule has 0 saturated carbocycles. The number of carboxylic acid groups (broad SMARTS) is 2. The minimum absolute atomic E-state index is 0.341. The maximum Gasteiger partial charge on any atom is 0.307 e. The van der Waals surface area contributed by atoms with Gasteiger partial charge >= 0.3 is 11.9 Å². The molecule has 0 fully saturated rings. The number of carboxylic acids is 2. The summed E-state index contributed by atoms with van der Waals surface area (Å²) in [4.78, 5) is 22.6. The Kier molecular flexibility index (Phi) is 9.87. The number of alkyl halides is 1. The van der Waals surface area contributed by atoms with E-state index < -0.39 is 28.1 Å². The van der Waals surface area contributed by atoms with Gasteiger partial charge in [0.15, 0.2) is 6.29 Å². The number of halogens is 1. The Morgan fingerprint density at radius 3 is 1.77 bits per heavy atom. The van der Waals surface area contributed by atoms with Crippen LogP contribution in [0.2, 0.25) is 0 Å². The van der Waals surface area contributed by atoms with Gasteiger partial charge in [-0.05, 0) is 33.1 Å². The zero-order chi connectivity index (χ0) is 17.3. The molecule has 22 heavy (non-hydrogen) atoms. The van der Waals surface area contributed by atoms with Crippen molar-refractivity contribution in [3.8, 4) is 0 Å². The maximum absolute atomic E-state index is 11.3. The third-order valence-electron chi connectivity index (χ3n) is 3.89. The van der Waals surface area contributed by atoms with Gasteiger partial charge in [-0.3, -0.25) is 9.59 Å². The first-order valence-corrected chi connectivity index (χ1v) is 8.37. The van der Waals surface area contributed by atoms with Crippen LogP contribution in [0.4, 0.5) is 0 Å². The van der Waals surface area contributed by atoms with Gasteiger partial charge in [-0.1, -0.05) is 29.8 Å². The molecular weight excluding hydrogens is 356 g/mol. The van der Waals surface area contributed by atoms with Crippen LogP contribution in [0.1, 0.15) is 47.0 Å². The largest absolute Gasteiger partial charge is 0.481 e. The summed E-state index contributed by atoms with van der Waals surface area (Å²) in [6.45, 7) is 7.86. The lowest BCUT2D eigenvalue weighted by Crippen LogP contribution is -2.44. The van der Waals surface area contributed by atoms with E-state index in [2.05, 4.69) is 15.9 Å². The number of rotatable bonds is 12. The van der Waals surface area contributed by atoms with E-state index in [4.69, 9.17) is 9.47 Å². The molecule has 2 unspecified atom stereocenters. The molecule has 2 atom stereocenters. The molecule has 0 aliphatic rings. The average Bonchev–Trinajstić information content (AvgIpc) is 2.45. The summed E-state index contributed by atoms with van der Waals surface area (Å²) in [5, 5.41) is 18.5. The zero-order valence-electron chi connectivity index (χ0n) is 13.7. The zero-order valence-corrected chi connectivity index (χ0v) is 15.3. The van der Waals surface area contributed by atoms with Gasteiger partial charge in [0.2, 0.25) is 0 Å². The van der Waals surface area contributed by atoms with E-state index in [1.807, 2.05) is 13.8 Å². The highest BCUT2D eigenvalue weighted by Crippen LogP contribution is 2.41. The Bertz CT molecular complexity index is 334. The molecule has 0 radical (unpaired) electrons. The molecule has 0 heterocycles. The van der Waals surface area contributed by atoms with E-state index in [1.165, 1.54) is 13.8 Å². The van der Waals surface area contributed by atoms with Crippen LogP contribution in [0.3, 0.4) is 0 Å². The molecule has 0 aliphatic heterocycles. The Balaban J connectivity index is 4.85. The normalized spacial score (nSPS) is 17.0. The molecule has 0 amide bonds. The van der Waals surface area contributed by atoms with Gasteiger partial charge in [0.05, 0.1) is 16.2 Å². The second kappa shape index (κ2) is 10.2. The highest BCUT2D eigenvalue weighted by molar-refractivity contribution is 9.10.